The van der Waals surface area contributed by atoms with Crippen molar-refractivity contribution < 1.29 is 37.3 Å². The zero-order valence-corrected chi connectivity index (χ0v) is 16.1. The van der Waals surface area contributed by atoms with Crippen molar-refractivity contribution in [2.45, 2.75) is 70.5 Å². The quantitative estimate of drug-likeness (QED) is 0.631. The number of carboxylic acid groups (broad SMARTS) is 1. The van der Waals surface area contributed by atoms with Gasteiger partial charge >= 0.3 is 17.9 Å². The van der Waals surface area contributed by atoms with Gasteiger partial charge < -0.3 is 14.6 Å². The molecule has 0 aliphatic heterocycles. The summed E-state index contributed by atoms with van der Waals surface area (Å²) < 4.78 is 52.6. The second-order valence-electron chi connectivity index (χ2n) is 7.49. The third-order valence-electron chi connectivity index (χ3n) is 5.13. The van der Waals surface area contributed by atoms with Crippen molar-refractivity contribution in [2.75, 3.05) is 0 Å². The zero-order valence-electron chi connectivity index (χ0n) is 16.1. The second kappa shape index (κ2) is 8.41. The number of ether oxygens (including phenoxy) is 2. The molecule has 8 heteroatoms. The number of alkyl halides is 2. The van der Waals surface area contributed by atoms with Gasteiger partial charge in [-0.15, -0.1) is 0 Å². The van der Waals surface area contributed by atoms with E-state index in [4.69, 9.17) is 14.6 Å². The first-order valence-corrected chi connectivity index (χ1v) is 9.33. The maximum Gasteiger partial charge on any atom is 0.378 e. The number of halogens is 3. The van der Waals surface area contributed by atoms with Crippen LogP contribution in [0.5, 0.6) is 5.75 Å². The van der Waals surface area contributed by atoms with E-state index in [-0.39, 0.29) is 11.3 Å². The van der Waals surface area contributed by atoms with Crippen LogP contribution in [0.4, 0.5) is 13.2 Å². The summed E-state index contributed by atoms with van der Waals surface area (Å²) in [5, 5.41) is 8.73. The summed E-state index contributed by atoms with van der Waals surface area (Å²) in [6.07, 6.45) is 1.94. The smallest absolute Gasteiger partial charge is 0.378 e. The molecule has 1 atom stereocenters. The van der Waals surface area contributed by atoms with Crippen molar-refractivity contribution in [1.82, 2.24) is 0 Å². The van der Waals surface area contributed by atoms with Crippen molar-refractivity contribution >= 4 is 11.9 Å². The molecule has 1 N–H and O–H groups in total. The predicted molar refractivity (Wildman–Crippen MR) is 95.1 cm³/mol. The van der Waals surface area contributed by atoms with E-state index in [0.717, 1.165) is 43.9 Å². The van der Waals surface area contributed by atoms with E-state index in [0.29, 0.717) is 6.42 Å². The molecule has 2 rings (SSSR count). The van der Waals surface area contributed by atoms with Gasteiger partial charge in [0, 0.05) is 0 Å². The summed E-state index contributed by atoms with van der Waals surface area (Å²) in [5.74, 6) is -9.57. The van der Waals surface area contributed by atoms with Crippen molar-refractivity contribution in [1.29, 1.82) is 0 Å². The van der Waals surface area contributed by atoms with E-state index in [2.05, 4.69) is 0 Å². The Morgan fingerprint density at radius 2 is 1.86 bits per heavy atom. The fourth-order valence-electron chi connectivity index (χ4n) is 3.42. The third-order valence-corrected chi connectivity index (χ3v) is 5.13. The Balaban J connectivity index is 2.25. The summed E-state index contributed by atoms with van der Waals surface area (Å²) in [7, 11) is 0. The maximum absolute atomic E-state index is 14.2. The molecule has 1 unspecified atom stereocenters. The molecule has 5 nitrogen and oxygen atoms in total. The topological polar surface area (TPSA) is 72.8 Å². The molecule has 1 aliphatic carbocycles. The van der Waals surface area contributed by atoms with Gasteiger partial charge in [0.05, 0.1) is 5.56 Å². The number of hydrogen-bond acceptors (Lipinski definition) is 4. The van der Waals surface area contributed by atoms with Gasteiger partial charge in [-0.1, -0.05) is 20.8 Å². The molecular weight excluding hydrogens is 377 g/mol. The molecule has 1 fully saturated rings. The van der Waals surface area contributed by atoms with Gasteiger partial charge in [-0.3, -0.25) is 0 Å². The Morgan fingerprint density at radius 1 is 1.25 bits per heavy atom. The Morgan fingerprint density at radius 3 is 2.36 bits per heavy atom. The highest BCUT2D eigenvalue weighted by Crippen LogP contribution is 2.38. The minimum atomic E-state index is -4.25. The average Bonchev–Trinajstić information content (AvgIpc) is 3.09. The molecule has 0 radical (unpaired) electrons. The zero-order chi connectivity index (χ0) is 21.1. The number of carbonyl (C=O) groups is 2. The predicted octanol–water partition coefficient (Wildman–Crippen LogP) is 4.83. The highest BCUT2D eigenvalue weighted by molar-refractivity contribution is 5.90. The molecule has 0 aromatic heterocycles. The van der Waals surface area contributed by atoms with Gasteiger partial charge in [-0.05, 0) is 56.2 Å². The van der Waals surface area contributed by atoms with Gasteiger partial charge in [-0.25, -0.2) is 14.0 Å². The van der Waals surface area contributed by atoms with E-state index < -0.39 is 41.3 Å². The summed E-state index contributed by atoms with van der Waals surface area (Å²) in [6, 6.07) is 3.21. The minimum absolute atomic E-state index is 0.149. The molecule has 0 amide bonds. The first-order valence-electron chi connectivity index (χ1n) is 9.33. The van der Waals surface area contributed by atoms with Crippen LogP contribution in [0.3, 0.4) is 0 Å². The summed E-state index contributed by atoms with van der Waals surface area (Å²) in [6.45, 7) is 4.57. The molecule has 1 aliphatic rings. The van der Waals surface area contributed by atoms with Gasteiger partial charge in [0.15, 0.2) is 17.7 Å². The van der Waals surface area contributed by atoms with E-state index >= 15 is 0 Å². The lowest BCUT2D eigenvalue weighted by atomic mass is 9.98. The molecular formula is C20H25F3O5. The molecule has 0 spiro atoms. The Kier molecular flexibility index (Phi) is 6.62. The van der Waals surface area contributed by atoms with Crippen molar-refractivity contribution in [3.8, 4) is 5.75 Å². The number of aliphatic carboxylic acids is 1. The molecule has 156 valence electrons. The number of esters is 1. The lowest BCUT2D eigenvalue weighted by Gasteiger charge is -2.29. The average molecular weight is 402 g/mol. The highest BCUT2D eigenvalue weighted by Gasteiger charge is 2.51. The van der Waals surface area contributed by atoms with Crippen LogP contribution in [-0.2, 0) is 9.53 Å². The molecule has 1 aromatic rings. The number of rotatable bonds is 8. The van der Waals surface area contributed by atoms with Gasteiger partial charge in [-0.2, -0.15) is 8.78 Å². The van der Waals surface area contributed by atoms with Crippen LogP contribution in [0.1, 0.15) is 63.2 Å². The molecule has 0 heterocycles. The standard InChI is InChI=1S/C20H25F3O5/c1-4-19(9-5-6-10-19)28-15-11-13(7-8-14(15)21)17(24)27-16(12(2)3)20(22,23)18(25)26/h7-8,11-12,16H,4-6,9-10H2,1-3H3,(H,25,26). The Hall–Kier alpha value is -2.25. The first-order chi connectivity index (χ1) is 13.0. The molecule has 1 aromatic carbocycles. The SMILES string of the molecule is CCC1(Oc2cc(C(=O)OC(C(C)C)C(F)(F)C(=O)O)ccc2F)CCCC1. The van der Waals surface area contributed by atoms with Gasteiger partial charge in [0.25, 0.3) is 0 Å². The summed E-state index contributed by atoms with van der Waals surface area (Å²) >= 11 is 0. The number of benzene rings is 1. The Labute approximate surface area is 161 Å². The fraction of sp³-hybridized carbons (Fsp3) is 0.600. The normalized spacial score (nSPS) is 17.4. The first kappa shape index (κ1) is 22.0. The monoisotopic (exact) mass is 402 g/mol. The van der Waals surface area contributed by atoms with Gasteiger partial charge in [0.1, 0.15) is 5.60 Å². The maximum atomic E-state index is 14.2. The molecule has 28 heavy (non-hydrogen) atoms. The van der Waals surface area contributed by atoms with Crippen LogP contribution >= 0.6 is 0 Å². The summed E-state index contributed by atoms with van der Waals surface area (Å²) in [4.78, 5) is 23.2. The highest BCUT2D eigenvalue weighted by atomic mass is 19.3. The fourth-order valence-corrected chi connectivity index (χ4v) is 3.42. The van der Waals surface area contributed by atoms with Crippen LogP contribution in [0.2, 0.25) is 0 Å². The van der Waals surface area contributed by atoms with E-state index in [1.165, 1.54) is 13.8 Å². The van der Waals surface area contributed by atoms with E-state index in [1.54, 1.807) is 0 Å². The van der Waals surface area contributed by atoms with E-state index in [9.17, 15) is 22.8 Å². The molecule has 0 bridgehead atoms. The minimum Gasteiger partial charge on any atom is -0.484 e. The largest absolute Gasteiger partial charge is 0.484 e. The van der Waals surface area contributed by atoms with Crippen molar-refractivity contribution in [2.24, 2.45) is 5.92 Å². The van der Waals surface area contributed by atoms with Crippen LogP contribution < -0.4 is 4.74 Å². The van der Waals surface area contributed by atoms with Crippen molar-refractivity contribution in [3.63, 3.8) is 0 Å². The lowest BCUT2D eigenvalue weighted by Crippen LogP contribution is -2.47. The molecule has 0 saturated heterocycles. The molecule has 1 saturated carbocycles. The number of carboxylic acids is 1. The third kappa shape index (κ3) is 4.59. The van der Waals surface area contributed by atoms with Crippen LogP contribution in [0, 0.1) is 11.7 Å². The van der Waals surface area contributed by atoms with Gasteiger partial charge in [0.2, 0.25) is 0 Å². The van der Waals surface area contributed by atoms with Crippen LogP contribution in [0.15, 0.2) is 18.2 Å². The van der Waals surface area contributed by atoms with E-state index in [1.807, 2.05) is 6.92 Å². The Bertz CT molecular complexity index is 727. The van der Waals surface area contributed by atoms with Crippen LogP contribution in [-0.4, -0.2) is 34.7 Å². The second-order valence-corrected chi connectivity index (χ2v) is 7.49. The lowest BCUT2D eigenvalue weighted by molar-refractivity contribution is -0.187. The van der Waals surface area contributed by atoms with Crippen LogP contribution in [0.25, 0.3) is 0 Å². The number of hydrogen-bond donors (Lipinski definition) is 1. The number of carbonyl (C=O) groups excluding carboxylic acids is 1. The van der Waals surface area contributed by atoms with Crippen molar-refractivity contribution in [3.05, 3.63) is 29.6 Å². The summed E-state index contributed by atoms with van der Waals surface area (Å²) in [5.41, 5.74) is -0.701.